The highest BCUT2D eigenvalue weighted by atomic mass is 15.1. The van der Waals surface area contributed by atoms with E-state index in [9.17, 15) is 0 Å². The smallest absolute Gasteiger partial charge is 0.193 e. The molecule has 3 N–H and O–H groups in total. The van der Waals surface area contributed by atoms with Crippen LogP contribution in [0.2, 0.25) is 0 Å². The SMILES string of the molecule is Cc1ccc(NC(N)=NCCc2ccccn2)cc1. The summed E-state index contributed by atoms with van der Waals surface area (Å²) in [4.78, 5) is 8.52. The number of hydrogen-bond donors (Lipinski definition) is 2. The maximum atomic E-state index is 5.83. The quantitative estimate of drug-likeness (QED) is 0.650. The fraction of sp³-hybridized carbons (Fsp3) is 0.200. The molecule has 4 heteroatoms. The maximum Gasteiger partial charge on any atom is 0.193 e. The molecule has 0 spiro atoms. The third-order valence-corrected chi connectivity index (χ3v) is 2.70. The fourth-order valence-electron chi connectivity index (χ4n) is 1.66. The second-order valence-corrected chi connectivity index (χ2v) is 4.33. The molecule has 0 saturated heterocycles. The zero-order chi connectivity index (χ0) is 13.5. The molecule has 19 heavy (non-hydrogen) atoms. The van der Waals surface area contributed by atoms with Crippen LogP contribution in [-0.4, -0.2) is 17.5 Å². The molecular formula is C15H18N4. The van der Waals surface area contributed by atoms with Gasteiger partial charge in [0.05, 0.1) is 0 Å². The molecule has 0 amide bonds. The first kappa shape index (κ1) is 13.1. The van der Waals surface area contributed by atoms with Crippen LogP contribution in [0.4, 0.5) is 5.69 Å². The van der Waals surface area contributed by atoms with Gasteiger partial charge in [-0.3, -0.25) is 9.98 Å². The summed E-state index contributed by atoms with van der Waals surface area (Å²) in [7, 11) is 0. The highest BCUT2D eigenvalue weighted by Crippen LogP contribution is 2.07. The lowest BCUT2D eigenvalue weighted by molar-refractivity contribution is 0.921. The van der Waals surface area contributed by atoms with Crippen LogP contribution < -0.4 is 11.1 Å². The standard InChI is InChI=1S/C15H18N4/c1-12-5-7-14(8-6-12)19-15(16)18-11-9-13-4-2-3-10-17-13/h2-8,10H,9,11H2,1H3,(H3,16,18,19). The van der Waals surface area contributed by atoms with Crippen LogP contribution in [0.25, 0.3) is 0 Å². The van der Waals surface area contributed by atoms with Crippen molar-refractivity contribution >= 4 is 11.6 Å². The minimum Gasteiger partial charge on any atom is -0.370 e. The molecule has 1 heterocycles. The number of hydrogen-bond acceptors (Lipinski definition) is 2. The largest absolute Gasteiger partial charge is 0.370 e. The van der Waals surface area contributed by atoms with Gasteiger partial charge in [-0.25, -0.2) is 0 Å². The van der Waals surface area contributed by atoms with E-state index in [1.54, 1.807) is 6.20 Å². The summed E-state index contributed by atoms with van der Waals surface area (Å²) in [6, 6.07) is 13.9. The topological polar surface area (TPSA) is 63.3 Å². The van der Waals surface area contributed by atoms with E-state index in [1.807, 2.05) is 49.4 Å². The molecule has 2 rings (SSSR count). The number of anilines is 1. The van der Waals surface area contributed by atoms with Crippen molar-refractivity contribution in [3.05, 3.63) is 59.9 Å². The Hall–Kier alpha value is -2.36. The fourth-order valence-corrected chi connectivity index (χ4v) is 1.66. The van der Waals surface area contributed by atoms with Gasteiger partial charge in [0.25, 0.3) is 0 Å². The van der Waals surface area contributed by atoms with Crippen LogP contribution in [0.15, 0.2) is 53.7 Å². The van der Waals surface area contributed by atoms with Gasteiger partial charge in [0.15, 0.2) is 5.96 Å². The molecular weight excluding hydrogens is 236 g/mol. The number of aromatic nitrogens is 1. The Kier molecular flexibility index (Phi) is 4.50. The number of nitrogens with one attached hydrogen (secondary N) is 1. The molecule has 0 aliphatic carbocycles. The number of rotatable bonds is 4. The maximum absolute atomic E-state index is 5.83. The first-order valence-corrected chi connectivity index (χ1v) is 6.27. The Morgan fingerprint density at radius 3 is 2.68 bits per heavy atom. The predicted molar refractivity (Wildman–Crippen MR) is 79.2 cm³/mol. The van der Waals surface area contributed by atoms with Crippen LogP contribution in [-0.2, 0) is 6.42 Å². The number of nitrogens with zero attached hydrogens (tertiary/aromatic N) is 2. The van der Waals surface area contributed by atoms with Crippen LogP contribution in [0.5, 0.6) is 0 Å². The monoisotopic (exact) mass is 254 g/mol. The number of benzene rings is 1. The van der Waals surface area contributed by atoms with Gasteiger partial charge < -0.3 is 11.1 Å². The predicted octanol–water partition coefficient (Wildman–Crippen LogP) is 2.36. The first-order valence-electron chi connectivity index (χ1n) is 6.27. The third kappa shape index (κ3) is 4.43. The van der Waals surface area contributed by atoms with E-state index in [0.29, 0.717) is 12.5 Å². The first-order chi connectivity index (χ1) is 9.24. The van der Waals surface area contributed by atoms with E-state index in [4.69, 9.17) is 5.73 Å². The zero-order valence-corrected chi connectivity index (χ0v) is 11.0. The van der Waals surface area contributed by atoms with Gasteiger partial charge in [0, 0.05) is 30.5 Å². The molecule has 2 aromatic rings. The van der Waals surface area contributed by atoms with Gasteiger partial charge in [0.1, 0.15) is 0 Å². The summed E-state index contributed by atoms with van der Waals surface area (Å²) in [5.74, 6) is 0.430. The number of aliphatic imine (C=N–C) groups is 1. The average molecular weight is 254 g/mol. The molecule has 98 valence electrons. The Balaban J connectivity index is 1.84. The van der Waals surface area contributed by atoms with Crippen LogP contribution >= 0.6 is 0 Å². The third-order valence-electron chi connectivity index (χ3n) is 2.70. The zero-order valence-electron chi connectivity index (χ0n) is 11.0. The molecule has 0 bridgehead atoms. The summed E-state index contributed by atoms with van der Waals surface area (Å²) >= 11 is 0. The van der Waals surface area contributed by atoms with E-state index in [-0.39, 0.29) is 0 Å². The normalized spacial score (nSPS) is 11.3. The lowest BCUT2D eigenvalue weighted by Gasteiger charge is -2.05. The molecule has 1 aromatic carbocycles. The summed E-state index contributed by atoms with van der Waals surface area (Å²) in [6.07, 6.45) is 2.57. The second-order valence-electron chi connectivity index (χ2n) is 4.33. The molecule has 4 nitrogen and oxygen atoms in total. The van der Waals surface area contributed by atoms with Gasteiger partial charge in [-0.2, -0.15) is 0 Å². The summed E-state index contributed by atoms with van der Waals surface area (Å²) in [5.41, 5.74) is 9.02. The molecule has 0 atom stereocenters. The lowest BCUT2D eigenvalue weighted by Crippen LogP contribution is -2.23. The van der Waals surface area contributed by atoms with Crippen molar-refractivity contribution in [3.63, 3.8) is 0 Å². The van der Waals surface area contributed by atoms with E-state index >= 15 is 0 Å². The van der Waals surface area contributed by atoms with Gasteiger partial charge in [-0.1, -0.05) is 23.8 Å². The van der Waals surface area contributed by atoms with Crippen LogP contribution in [0.1, 0.15) is 11.3 Å². The highest BCUT2D eigenvalue weighted by Gasteiger charge is 1.95. The molecule has 0 aliphatic heterocycles. The van der Waals surface area contributed by atoms with E-state index in [2.05, 4.69) is 15.3 Å². The van der Waals surface area contributed by atoms with Gasteiger partial charge in [-0.05, 0) is 31.2 Å². The van der Waals surface area contributed by atoms with Crippen molar-refractivity contribution < 1.29 is 0 Å². The Morgan fingerprint density at radius 2 is 2.00 bits per heavy atom. The van der Waals surface area contributed by atoms with E-state index < -0.39 is 0 Å². The van der Waals surface area contributed by atoms with Crippen molar-refractivity contribution in [1.82, 2.24) is 4.98 Å². The minimum absolute atomic E-state index is 0.430. The molecule has 0 saturated carbocycles. The van der Waals surface area contributed by atoms with Gasteiger partial charge in [0.2, 0.25) is 0 Å². The average Bonchev–Trinajstić information content (AvgIpc) is 2.43. The second kappa shape index (κ2) is 6.54. The lowest BCUT2D eigenvalue weighted by atomic mass is 10.2. The van der Waals surface area contributed by atoms with Crippen LogP contribution in [0.3, 0.4) is 0 Å². The Bertz CT molecular complexity index is 532. The van der Waals surface area contributed by atoms with Crippen molar-refractivity contribution in [2.45, 2.75) is 13.3 Å². The van der Waals surface area contributed by atoms with Gasteiger partial charge in [-0.15, -0.1) is 0 Å². The van der Waals surface area contributed by atoms with Crippen molar-refractivity contribution in [2.75, 3.05) is 11.9 Å². The van der Waals surface area contributed by atoms with Gasteiger partial charge >= 0.3 is 0 Å². The molecule has 0 unspecified atom stereocenters. The highest BCUT2D eigenvalue weighted by molar-refractivity contribution is 5.92. The number of pyridine rings is 1. The van der Waals surface area contributed by atoms with E-state index in [0.717, 1.165) is 17.8 Å². The van der Waals surface area contributed by atoms with Crippen molar-refractivity contribution in [1.29, 1.82) is 0 Å². The summed E-state index contributed by atoms with van der Waals surface area (Å²) in [6.45, 7) is 2.68. The van der Waals surface area contributed by atoms with Crippen molar-refractivity contribution in [3.8, 4) is 0 Å². The number of aryl methyl sites for hydroxylation is 1. The number of guanidine groups is 1. The van der Waals surface area contributed by atoms with Crippen molar-refractivity contribution in [2.24, 2.45) is 10.7 Å². The summed E-state index contributed by atoms with van der Waals surface area (Å²) in [5, 5.41) is 3.06. The molecule has 0 radical (unpaired) electrons. The Labute approximate surface area is 113 Å². The van der Waals surface area contributed by atoms with E-state index in [1.165, 1.54) is 5.56 Å². The minimum atomic E-state index is 0.430. The molecule has 1 aromatic heterocycles. The summed E-state index contributed by atoms with van der Waals surface area (Å²) < 4.78 is 0. The molecule has 0 aliphatic rings. The Morgan fingerprint density at radius 1 is 1.21 bits per heavy atom. The number of nitrogens with two attached hydrogens (primary N) is 1. The van der Waals surface area contributed by atoms with Crippen LogP contribution in [0, 0.1) is 6.92 Å². The molecule has 0 fully saturated rings.